The van der Waals surface area contributed by atoms with Crippen molar-refractivity contribution in [3.8, 4) is 11.9 Å². The molecule has 3 aromatic rings. The van der Waals surface area contributed by atoms with E-state index in [1.54, 1.807) is 24.4 Å². The number of halogens is 2. The van der Waals surface area contributed by atoms with E-state index in [2.05, 4.69) is 29.0 Å². The lowest BCUT2D eigenvalue weighted by Gasteiger charge is -2.15. The number of allylic oxidation sites excluding steroid dienone is 1. The van der Waals surface area contributed by atoms with Gasteiger partial charge in [0.25, 0.3) is 0 Å². The number of nitriles is 1. The Hall–Kier alpha value is -2.97. The molecule has 1 unspecified atom stereocenters. The summed E-state index contributed by atoms with van der Waals surface area (Å²) in [5.41, 5.74) is 2.98. The summed E-state index contributed by atoms with van der Waals surface area (Å²) in [5.74, 6) is 0.585. The highest BCUT2D eigenvalue weighted by Crippen LogP contribution is 2.33. The lowest BCUT2D eigenvalue weighted by atomic mass is 10.0. The molecule has 0 aliphatic carbocycles. The second-order valence-corrected chi connectivity index (χ2v) is 7.32. The number of hydrogen-bond donors (Lipinski definition) is 0. The van der Waals surface area contributed by atoms with Crippen LogP contribution in [0.2, 0.25) is 5.02 Å². The minimum absolute atomic E-state index is 0.316. The van der Waals surface area contributed by atoms with Gasteiger partial charge in [0.1, 0.15) is 17.7 Å². The van der Waals surface area contributed by atoms with Gasteiger partial charge in [0.05, 0.1) is 22.5 Å². The van der Waals surface area contributed by atoms with Crippen molar-refractivity contribution < 1.29 is 4.39 Å². The maximum Gasteiger partial charge on any atom is 0.139 e. The molecule has 0 radical (unpaired) electrons. The van der Waals surface area contributed by atoms with Crippen LogP contribution in [0.3, 0.4) is 0 Å². The molecule has 140 valence electrons. The fourth-order valence-electron chi connectivity index (χ4n) is 3.50. The molecule has 6 heteroatoms. The molecule has 1 aliphatic heterocycles. The summed E-state index contributed by atoms with van der Waals surface area (Å²) in [4.78, 5) is 9.11. The molecule has 1 atom stereocenters. The Morgan fingerprint density at radius 3 is 2.82 bits per heavy atom. The summed E-state index contributed by atoms with van der Waals surface area (Å²) in [7, 11) is 0. The van der Waals surface area contributed by atoms with Crippen molar-refractivity contribution >= 4 is 28.2 Å². The first kappa shape index (κ1) is 18.4. The number of aryl methyl sites for hydroxylation is 1. The van der Waals surface area contributed by atoms with Gasteiger partial charge in [-0.2, -0.15) is 5.26 Å². The van der Waals surface area contributed by atoms with E-state index < -0.39 is 0 Å². The number of nitrogens with zero attached hydrogens (tertiary/aromatic N) is 4. The van der Waals surface area contributed by atoms with Crippen molar-refractivity contribution in [2.24, 2.45) is 10.9 Å². The van der Waals surface area contributed by atoms with Crippen LogP contribution in [0.5, 0.6) is 0 Å². The lowest BCUT2D eigenvalue weighted by molar-refractivity contribution is 0.614. The van der Waals surface area contributed by atoms with Crippen molar-refractivity contribution in [1.82, 2.24) is 9.55 Å². The number of aromatic nitrogens is 2. The topological polar surface area (TPSA) is 54.0 Å². The molecule has 1 aliphatic rings. The summed E-state index contributed by atoms with van der Waals surface area (Å²) >= 11 is 6.21. The number of pyridine rings is 1. The van der Waals surface area contributed by atoms with E-state index in [1.807, 2.05) is 17.6 Å². The summed E-state index contributed by atoms with van der Waals surface area (Å²) in [6.07, 6.45) is 6.14. The first-order valence-corrected chi connectivity index (χ1v) is 9.53. The van der Waals surface area contributed by atoms with E-state index in [0.717, 1.165) is 0 Å². The van der Waals surface area contributed by atoms with Crippen LogP contribution in [0.15, 0.2) is 47.6 Å². The Kier molecular flexibility index (Phi) is 4.74. The maximum absolute atomic E-state index is 14.5. The summed E-state index contributed by atoms with van der Waals surface area (Å²) < 4.78 is 16.4. The van der Waals surface area contributed by atoms with Crippen molar-refractivity contribution in [3.63, 3.8) is 0 Å². The van der Waals surface area contributed by atoms with Crippen LogP contribution in [-0.2, 0) is 6.42 Å². The van der Waals surface area contributed by atoms with Crippen molar-refractivity contribution in [2.45, 2.75) is 20.3 Å². The highest BCUT2D eigenvalue weighted by molar-refractivity contribution is 6.30. The Morgan fingerprint density at radius 1 is 1.36 bits per heavy atom. The molecule has 4 rings (SSSR count). The van der Waals surface area contributed by atoms with Crippen LogP contribution in [-0.4, -0.2) is 21.8 Å². The first-order chi connectivity index (χ1) is 13.5. The van der Waals surface area contributed by atoms with Gasteiger partial charge in [-0.05, 0) is 42.2 Å². The molecule has 0 saturated carbocycles. The summed E-state index contributed by atoms with van der Waals surface area (Å²) in [6, 6.07) is 8.90. The number of benzene rings is 1. The molecule has 0 amide bonds. The highest BCUT2D eigenvalue weighted by atomic mass is 35.5. The van der Waals surface area contributed by atoms with E-state index in [4.69, 9.17) is 11.6 Å². The third-order valence-corrected chi connectivity index (χ3v) is 5.17. The average Bonchev–Trinajstić information content (AvgIpc) is 3.00. The number of hydrogen-bond acceptors (Lipinski definition) is 3. The van der Waals surface area contributed by atoms with Crippen molar-refractivity contribution in [2.75, 3.05) is 6.54 Å². The van der Waals surface area contributed by atoms with E-state index in [-0.39, 0.29) is 5.82 Å². The zero-order valence-electron chi connectivity index (χ0n) is 15.6. The van der Waals surface area contributed by atoms with Gasteiger partial charge in [-0.15, -0.1) is 0 Å². The molecule has 28 heavy (non-hydrogen) atoms. The normalized spacial score (nSPS) is 16.2. The first-order valence-electron chi connectivity index (χ1n) is 9.15. The zero-order chi connectivity index (χ0) is 19.8. The van der Waals surface area contributed by atoms with Gasteiger partial charge in [-0.25, -0.2) is 9.37 Å². The van der Waals surface area contributed by atoms with E-state index in [0.29, 0.717) is 63.2 Å². The smallest absolute Gasteiger partial charge is 0.139 e. The molecule has 0 N–H and O–H groups in total. The fourth-order valence-corrected chi connectivity index (χ4v) is 3.65. The molecular formula is C22H18ClFN4. The number of dihydropyridines is 1. The Morgan fingerprint density at radius 2 is 2.18 bits per heavy atom. The monoisotopic (exact) mass is 392 g/mol. The van der Waals surface area contributed by atoms with Crippen LogP contribution >= 0.6 is 11.6 Å². The van der Waals surface area contributed by atoms with E-state index in [9.17, 15) is 9.65 Å². The van der Waals surface area contributed by atoms with Gasteiger partial charge in [-0.3, -0.25) is 9.56 Å². The Balaban J connectivity index is 2.13. The minimum Gasteiger partial charge on any atom is -0.291 e. The molecule has 2 aromatic heterocycles. The van der Waals surface area contributed by atoms with Gasteiger partial charge in [0, 0.05) is 29.2 Å². The fraction of sp³-hybridized carbons (Fsp3) is 0.227. The SMILES string of the molecule is CCc1cc2c(cc1F)c(C#N)c(C1=NCC(C)C=C1)n2-c1cc(Cl)ccn1. The molecule has 0 saturated heterocycles. The second-order valence-electron chi connectivity index (χ2n) is 6.88. The molecule has 0 spiro atoms. The van der Waals surface area contributed by atoms with Gasteiger partial charge < -0.3 is 0 Å². The maximum atomic E-state index is 14.5. The van der Waals surface area contributed by atoms with Gasteiger partial charge in [0.2, 0.25) is 0 Å². The van der Waals surface area contributed by atoms with Crippen LogP contribution in [0.1, 0.15) is 30.7 Å². The third-order valence-electron chi connectivity index (χ3n) is 4.94. The zero-order valence-corrected chi connectivity index (χ0v) is 16.3. The van der Waals surface area contributed by atoms with Crippen LogP contribution in [0.4, 0.5) is 4.39 Å². The number of rotatable bonds is 3. The molecule has 1 aromatic carbocycles. The van der Waals surface area contributed by atoms with Crippen molar-refractivity contribution in [3.05, 3.63) is 70.3 Å². The summed E-state index contributed by atoms with van der Waals surface area (Å²) in [6.45, 7) is 4.62. The Bertz CT molecular complexity index is 1180. The van der Waals surface area contributed by atoms with Crippen molar-refractivity contribution in [1.29, 1.82) is 5.26 Å². The largest absolute Gasteiger partial charge is 0.291 e. The number of fused-ring (bicyclic) bond motifs is 1. The van der Waals surface area contributed by atoms with Crippen LogP contribution in [0.25, 0.3) is 16.7 Å². The summed E-state index contributed by atoms with van der Waals surface area (Å²) in [5, 5.41) is 11.0. The van der Waals surface area contributed by atoms with Gasteiger partial charge >= 0.3 is 0 Å². The predicted octanol–water partition coefficient (Wildman–Crippen LogP) is 5.25. The molecule has 3 heterocycles. The minimum atomic E-state index is -0.316. The molecule has 4 nitrogen and oxygen atoms in total. The average molecular weight is 393 g/mol. The highest BCUT2D eigenvalue weighted by Gasteiger charge is 2.24. The molecular weight excluding hydrogens is 375 g/mol. The van der Waals surface area contributed by atoms with E-state index >= 15 is 0 Å². The second kappa shape index (κ2) is 7.21. The standard InChI is InChI=1S/C22H18ClFN4/c1-3-14-8-20-16(10-18(14)24)17(11-25)22(19-5-4-13(2)12-27-19)28(20)21-9-15(23)6-7-26-21/h4-10,13H,3,12H2,1-2H3. The molecule has 0 fully saturated rings. The van der Waals surface area contributed by atoms with Gasteiger partial charge in [0.15, 0.2) is 0 Å². The van der Waals surface area contributed by atoms with Crippen LogP contribution in [0, 0.1) is 23.1 Å². The van der Waals surface area contributed by atoms with Crippen LogP contribution < -0.4 is 0 Å². The Labute approximate surface area is 167 Å². The van der Waals surface area contributed by atoms with E-state index in [1.165, 1.54) is 6.07 Å². The third kappa shape index (κ3) is 3.00. The number of aliphatic imine (C=N–C) groups is 1. The predicted molar refractivity (Wildman–Crippen MR) is 110 cm³/mol. The molecule has 0 bridgehead atoms. The quantitative estimate of drug-likeness (QED) is 0.611. The van der Waals surface area contributed by atoms with Gasteiger partial charge in [-0.1, -0.05) is 31.5 Å². The lowest BCUT2D eigenvalue weighted by Crippen LogP contribution is -2.14.